The molecule has 1 aliphatic heterocycles. The fourth-order valence-corrected chi connectivity index (χ4v) is 3.36. The first-order valence-electron chi connectivity index (χ1n) is 8.66. The van der Waals surface area contributed by atoms with Crippen molar-refractivity contribution in [1.82, 2.24) is 14.8 Å². The van der Waals surface area contributed by atoms with E-state index in [0.717, 1.165) is 36.8 Å². The number of nitrogens with one attached hydrogen (secondary N) is 1. The first-order chi connectivity index (χ1) is 12.7. The molecule has 0 unspecified atom stereocenters. The van der Waals surface area contributed by atoms with Crippen LogP contribution in [0.3, 0.4) is 0 Å². The van der Waals surface area contributed by atoms with E-state index in [4.69, 9.17) is 16.3 Å². The molecule has 0 amide bonds. The first-order valence-corrected chi connectivity index (χ1v) is 9.04. The summed E-state index contributed by atoms with van der Waals surface area (Å²) in [5.74, 6) is 0.427. The molecule has 1 fully saturated rings. The Morgan fingerprint density at radius 3 is 3.04 bits per heavy atom. The van der Waals surface area contributed by atoms with Gasteiger partial charge in [0.05, 0.1) is 24.2 Å². The van der Waals surface area contributed by atoms with E-state index in [1.807, 2.05) is 24.3 Å². The molecule has 7 heteroatoms. The summed E-state index contributed by atoms with van der Waals surface area (Å²) < 4.78 is 6.79. The number of hydrogen-bond donors (Lipinski definition) is 1. The molecule has 134 valence electrons. The molecule has 0 aliphatic carbocycles. The van der Waals surface area contributed by atoms with Gasteiger partial charge in [0.2, 0.25) is 0 Å². The molecule has 0 saturated carbocycles. The highest BCUT2D eigenvalue weighted by atomic mass is 35.5. The van der Waals surface area contributed by atoms with Gasteiger partial charge in [0, 0.05) is 30.9 Å². The van der Waals surface area contributed by atoms with Crippen molar-refractivity contribution in [3.63, 3.8) is 0 Å². The van der Waals surface area contributed by atoms with Crippen LogP contribution in [0.1, 0.15) is 12.8 Å². The van der Waals surface area contributed by atoms with Crippen LogP contribution in [0.5, 0.6) is 0 Å². The van der Waals surface area contributed by atoms with Gasteiger partial charge in [-0.2, -0.15) is 9.78 Å². The van der Waals surface area contributed by atoms with E-state index in [2.05, 4.69) is 15.4 Å². The molecule has 26 heavy (non-hydrogen) atoms. The minimum atomic E-state index is -0.343. The smallest absolute Gasteiger partial charge is 0.292 e. The number of halogens is 1. The minimum Gasteiger partial charge on any atom is -0.382 e. The molecule has 1 N–H and O–H groups in total. The van der Waals surface area contributed by atoms with Crippen LogP contribution in [0.25, 0.3) is 16.5 Å². The highest BCUT2D eigenvalue weighted by Crippen LogP contribution is 2.21. The normalized spacial score (nSPS) is 17.3. The van der Waals surface area contributed by atoms with Crippen LogP contribution in [0.2, 0.25) is 5.02 Å². The number of fused-ring (bicyclic) bond motifs is 1. The predicted octanol–water partition coefficient (Wildman–Crippen LogP) is 3.27. The summed E-state index contributed by atoms with van der Waals surface area (Å²) >= 11 is 6.31. The number of anilines is 1. The van der Waals surface area contributed by atoms with Crippen LogP contribution in [0.4, 0.5) is 5.69 Å². The maximum atomic E-state index is 12.7. The van der Waals surface area contributed by atoms with Crippen LogP contribution in [-0.4, -0.2) is 34.5 Å². The number of hydrogen-bond acceptors (Lipinski definition) is 5. The van der Waals surface area contributed by atoms with Crippen LogP contribution in [-0.2, 0) is 4.74 Å². The topological polar surface area (TPSA) is 69.0 Å². The Morgan fingerprint density at radius 1 is 1.27 bits per heavy atom. The molecule has 0 spiro atoms. The summed E-state index contributed by atoms with van der Waals surface area (Å²) in [6.07, 6.45) is 7.28. The Bertz CT molecular complexity index is 983. The van der Waals surface area contributed by atoms with Gasteiger partial charge < -0.3 is 10.1 Å². The van der Waals surface area contributed by atoms with Crippen molar-refractivity contribution in [2.75, 3.05) is 25.1 Å². The maximum absolute atomic E-state index is 12.7. The van der Waals surface area contributed by atoms with Gasteiger partial charge in [0.1, 0.15) is 5.02 Å². The molecule has 0 radical (unpaired) electrons. The number of aromatic nitrogens is 3. The van der Waals surface area contributed by atoms with Crippen LogP contribution < -0.4 is 10.9 Å². The zero-order chi connectivity index (χ0) is 17.9. The quantitative estimate of drug-likeness (QED) is 0.763. The second-order valence-corrected chi connectivity index (χ2v) is 6.84. The molecule has 3 aromatic rings. The molecule has 3 heterocycles. The van der Waals surface area contributed by atoms with Crippen molar-refractivity contribution >= 4 is 28.1 Å². The van der Waals surface area contributed by atoms with Gasteiger partial charge in [-0.05, 0) is 42.3 Å². The monoisotopic (exact) mass is 370 g/mol. The fourth-order valence-electron chi connectivity index (χ4n) is 3.17. The number of pyridine rings is 1. The lowest BCUT2D eigenvalue weighted by Gasteiger charge is -2.22. The minimum absolute atomic E-state index is 0.145. The molecule has 0 bridgehead atoms. The average Bonchev–Trinajstić information content (AvgIpc) is 2.69. The van der Waals surface area contributed by atoms with E-state index in [0.29, 0.717) is 23.8 Å². The molecular formula is C19H19ClN4O2. The van der Waals surface area contributed by atoms with Gasteiger partial charge in [-0.25, -0.2) is 0 Å². The molecule has 1 aromatic carbocycles. The summed E-state index contributed by atoms with van der Waals surface area (Å²) in [6.45, 7) is 2.28. The van der Waals surface area contributed by atoms with Gasteiger partial charge in [-0.3, -0.25) is 9.78 Å². The van der Waals surface area contributed by atoms with Gasteiger partial charge in [-0.1, -0.05) is 17.7 Å². The summed E-state index contributed by atoms with van der Waals surface area (Å²) in [7, 11) is 0. The number of benzene rings is 1. The zero-order valence-corrected chi connectivity index (χ0v) is 14.9. The van der Waals surface area contributed by atoms with Crippen molar-refractivity contribution in [3.8, 4) is 5.69 Å². The van der Waals surface area contributed by atoms with Crippen LogP contribution in [0.15, 0.2) is 47.7 Å². The zero-order valence-electron chi connectivity index (χ0n) is 14.2. The predicted molar refractivity (Wildman–Crippen MR) is 102 cm³/mol. The number of rotatable bonds is 4. The Balaban J connectivity index is 1.59. The lowest BCUT2D eigenvalue weighted by molar-refractivity contribution is 0.0595. The first kappa shape index (κ1) is 17.0. The Labute approximate surface area is 155 Å². The van der Waals surface area contributed by atoms with E-state index >= 15 is 0 Å². The number of ether oxygens (including phenoxy) is 1. The van der Waals surface area contributed by atoms with Gasteiger partial charge in [0.25, 0.3) is 5.56 Å². The van der Waals surface area contributed by atoms with Crippen LogP contribution >= 0.6 is 11.6 Å². The van der Waals surface area contributed by atoms with Crippen LogP contribution in [0, 0.1) is 5.92 Å². The van der Waals surface area contributed by atoms with E-state index in [1.165, 1.54) is 4.68 Å². The van der Waals surface area contributed by atoms with E-state index < -0.39 is 0 Å². The van der Waals surface area contributed by atoms with Gasteiger partial charge in [0.15, 0.2) is 0 Å². The van der Waals surface area contributed by atoms with Crippen molar-refractivity contribution in [2.24, 2.45) is 5.92 Å². The van der Waals surface area contributed by atoms with Crippen molar-refractivity contribution in [3.05, 3.63) is 58.2 Å². The molecule has 1 aliphatic rings. The summed E-state index contributed by atoms with van der Waals surface area (Å²) in [5, 5.41) is 9.66. The molecule has 2 aromatic heterocycles. The van der Waals surface area contributed by atoms with Crippen molar-refractivity contribution < 1.29 is 4.74 Å². The standard InChI is InChI=1S/C19H19ClN4O2/c20-18-17(22-9-13-2-1-7-26-12-13)11-23-24(19(18)25)16-4-3-15-10-21-6-5-14(15)8-16/h3-6,8,10-11,13,22H,1-2,7,9,12H2/t13-/m0/s1. The second kappa shape index (κ2) is 7.43. The molecule has 4 rings (SSSR count). The van der Waals surface area contributed by atoms with E-state index in [-0.39, 0.29) is 10.6 Å². The van der Waals surface area contributed by atoms with E-state index in [1.54, 1.807) is 18.6 Å². The largest absolute Gasteiger partial charge is 0.382 e. The average molecular weight is 371 g/mol. The lowest BCUT2D eigenvalue weighted by atomic mass is 10.0. The Hall–Kier alpha value is -2.44. The third-order valence-electron chi connectivity index (χ3n) is 4.62. The highest BCUT2D eigenvalue weighted by molar-refractivity contribution is 6.32. The molecule has 1 atom stereocenters. The Morgan fingerprint density at radius 2 is 2.19 bits per heavy atom. The fraction of sp³-hybridized carbons (Fsp3) is 0.316. The third-order valence-corrected chi connectivity index (χ3v) is 4.99. The lowest BCUT2D eigenvalue weighted by Crippen LogP contribution is -2.26. The van der Waals surface area contributed by atoms with Gasteiger partial charge >= 0.3 is 0 Å². The SMILES string of the molecule is O=c1c(Cl)c(NC[C@@H]2CCCOC2)cnn1-c1ccc2cnccc2c1. The van der Waals surface area contributed by atoms with Gasteiger partial charge in [-0.15, -0.1) is 0 Å². The molecule has 1 saturated heterocycles. The van der Waals surface area contributed by atoms with Crippen molar-refractivity contribution in [2.45, 2.75) is 12.8 Å². The Kier molecular flexibility index (Phi) is 4.86. The third kappa shape index (κ3) is 3.43. The highest BCUT2D eigenvalue weighted by Gasteiger charge is 2.16. The maximum Gasteiger partial charge on any atom is 0.292 e. The van der Waals surface area contributed by atoms with Crippen molar-refractivity contribution in [1.29, 1.82) is 0 Å². The summed E-state index contributed by atoms with van der Waals surface area (Å²) in [5.41, 5.74) is 0.885. The second-order valence-electron chi connectivity index (χ2n) is 6.46. The van der Waals surface area contributed by atoms with E-state index in [9.17, 15) is 4.79 Å². The summed E-state index contributed by atoms with van der Waals surface area (Å²) in [4.78, 5) is 16.8. The summed E-state index contributed by atoms with van der Waals surface area (Å²) in [6, 6.07) is 7.54. The molecule has 6 nitrogen and oxygen atoms in total. The number of nitrogens with zero attached hydrogens (tertiary/aromatic N) is 3. The molecular weight excluding hydrogens is 352 g/mol.